The average Bonchev–Trinajstić information content (AvgIpc) is 2.29. The van der Waals surface area contributed by atoms with E-state index in [4.69, 9.17) is 1.37 Å². The van der Waals surface area contributed by atoms with Crippen LogP contribution in [0.2, 0.25) is 0 Å². The maximum atomic E-state index is 12.8. The molecule has 1 atom stereocenters. The van der Waals surface area contributed by atoms with Crippen LogP contribution in [0.1, 0.15) is 1.37 Å². The Labute approximate surface area is 93.5 Å². The number of nitrogens with zero attached hydrogens (tertiary/aromatic N) is 1. The van der Waals surface area contributed by atoms with E-state index < -0.39 is 12.2 Å². The lowest BCUT2D eigenvalue weighted by molar-refractivity contribution is -0.149. The Balaban J connectivity index is 2.25. The third-order valence-corrected chi connectivity index (χ3v) is 2.65. The highest BCUT2D eigenvalue weighted by atomic mass is 19.4. The van der Waals surface area contributed by atoms with E-state index in [-0.39, 0.29) is 6.54 Å². The zero-order valence-electron chi connectivity index (χ0n) is 9.59. The van der Waals surface area contributed by atoms with Gasteiger partial charge in [0.05, 0.1) is 1.37 Å². The summed E-state index contributed by atoms with van der Waals surface area (Å²) in [4.78, 5) is 1.34. The fraction of sp³-hybridized carbons (Fsp3) is 0.455. The summed E-state index contributed by atoms with van der Waals surface area (Å²) >= 11 is 0. The average molecular weight is 231 g/mol. The van der Waals surface area contributed by atoms with E-state index in [0.717, 1.165) is 0 Å². The number of piperazine rings is 1. The van der Waals surface area contributed by atoms with Crippen molar-refractivity contribution in [2.24, 2.45) is 0 Å². The fourth-order valence-corrected chi connectivity index (χ4v) is 1.88. The highest BCUT2D eigenvalue weighted by Gasteiger charge is 2.44. The molecule has 1 saturated heterocycles. The minimum atomic E-state index is -4.24. The first-order valence-electron chi connectivity index (χ1n) is 5.59. The minimum Gasteiger partial charge on any atom is -0.357 e. The van der Waals surface area contributed by atoms with E-state index in [9.17, 15) is 13.2 Å². The van der Waals surface area contributed by atoms with E-state index in [1.54, 1.807) is 12.1 Å². The summed E-state index contributed by atoms with van der Waals surface area (Å²) < 4.78 is 45.8. The Bertz CT molecular complexity index is 377. The van der Waals surface area contributed by atoms with Crippen LogP contribution in [0.5, 0.6) is 0 Å². The summed E-state index contributed by atoms with van der Waals surface area (Å²) in [6.45, 7) is 0.767. The van der Waals surface area contributed by atoms with Crippen molar-refractivity contribution in [1.82, 2.24) is 5.32 Å². The number of anilines is 1. The van der Waals surface area contributed by atoms with Crippen molar-refractivity contribution in [3.63, 3.8) is 0 Å². The standard InChI is InChI=1S/C11H13F3N2/c12-11(13,14)10-8-15-6-7-16(10)9-4-2-1-3-5-9/h1-5,10,15H,6-8H2/i1D. The van der Waals surface area contributed by atoms with Gasteiger partial charge in [-0.3, -0.25) is 0 Å². The van der Waals surface area contributed by atoms with Crippen molar-refractivity contribution in [2.75, 3.05) is 24.5 Å². The lowest BCUT2D eigenvalue weighted by atomic mass is 10.1. The molecule has 1 aliphatic heterocycles. The molecule has 1 aromatic rings. The Morgan fingerprint density at radius 1 is 1.38 bits per heavy atom. The molecule has 88 valence electrons. The molecular weight excluding hydrogens is 217 g/mol. The number of alkyl halides is 3. The van der Waals surface area contributed by atoms with Crippen molar-refractivity contribution >= 4 is 5.69 Å². The van der Waals surface area contributed by atoms with E-state index in [1.165, 1.54) is 17.0 Å². The van der Waals surface area contributed by atoms with E-state index in [0.29, 0.717) is 24.8 Å². The summed E-state index contributed by atoms with van der Waals surface area (Å²) in [6, 6.07) is 4.94. The first-order valence-corrected chi connectivity index (χ1v) is 5.09. The van der Waals surface area contributed by atoms with Gasteiger partial charge >= 0.3 is 6.18 Å². The third-order valence-electron chi connectivity index (χ3n) is 2.65. The molecule has 0 radical (unpaired) electrons. The number of nitrogens with one attached hydrogen (secondary N) is 1. The second-order valence-corrected chi connectivity index (χ2v) is 3.71. The maximum Gasteiger partial charge on any atom is 0.409 e. The topological polar surface area (TPSA) is 15.3 Å². The van der Waals surface area contributed by atoms with Gasteiger partial charge in [0.1, 0.15) is 6.04 Å². The fourth-order valence-electron chi connectivity index (χ4n) is 1.88. The molecule has 1 unspecified atom stereocenters. The Morgan fingerprint density at radius 2 is 2.06 bits per heavy atom. The van der Waals surface area contributed by atoms with Crippen LogP contribution in [0, 0.1) is 0 Å². The van der Waals surface area contributed by atoms with E-state index >= 15 is 0 Å². The number of halogens is 3. The van der Waals surface area contributed by atoms with Crippen molar-refractivity contribution in [1.29, 1.82) is 0 Å². The van der Waals surface area contributed by atoms with Gasteiger partial charge in [-0.2, -0.15) is 13.2 Å². The maximum absolute atomic E-state index is 12.8. The Morgan fingerprint density at radius 3 is 2.69 bits per heavy atom. The van der Waals surface area contributed by atoms with Crippen LogP contribution in [-0.4, -0.2) is 31.9 Å². The molecule has 0 aromatic heterocycles. The van der Waals surface area contributed by atoms with Gasteiger partial charge in [0.15, 0.2) is 0 Å². The Hall–Kier alpha value is -1.23. The van der Waals surface area contributed by atoms with E-state index in [2.05, 4.69) is 5.32 Å². The Kier molecular flexibility index (Phi) is 2.70. The predicted octanol–water partition coefficient (Wildman–Crippen LogP) is 2.03. The van der Waals surface area contributed by atoms with Crippen molar-refractivity contribution in [3.8, 4) is 0 Å². The number of rotatable bonds is 1. The third kappa shape index (κ3) is 2.29. The van der Waals surface area contributed by atoms with Crippen molar-refractivity contribution in [2.45, 2.75) is 12.2 Å². The molecule has 0 bridgehead atoms. The molecule has 1 fully saturated rings. The first-order chi connectivity index (χ1) is 7.98. The number of hydrogen-bond donors (Lipinski definition) is 1. The molecular formula is C11H13F3N2. The molecule has 0 aliphatic carbocycles. The molecule has 1 N–H and O–H groups in total. The number of hydrogen-bond acceptors (Lipinski definition) is 2. The largest absolute Gasteiger partial charge is 0.409 e. The summed E-state index contributed by atoms with van der Waals surface area (Å²) in [7, 11) is 0. The van der Waals surface area contributed by atoms with Gasteiger partial charge in [0, 0.05) is 25.3 Å². The van der Waals surface area contributed by atoms with Crippen LogP contribution in [0.25, 0.3) is 0 Å². The molecule has 16 heavy (non-hydrogen) atoms. The van der Waals surface area contributed by atoms with Crippen LogP contribution in [0.3, 0.4) is 0 Å². The zero-order chi connectivity index (χ0) is 12.5. The van der Waals surface area contributed by atoms with E-state index in [1.807, 2.05) is 0 Å². The lowest BCUT2D eigenvalue weighted by Crippen LogP contribution is -2.58. The zero-order valence-corrected chi connectivity index (χ0v) is 8.59. The molecule has 2 nitrogen and oxygen atoms in total. The van der Waals surface area contributed by atoms with Gasteiger partial charge in [-0.25, -0.2) is 0 Å². The van der Waals surface area contributed by atoms with Gasteiger partial charge in [0.25, 0.3) is 0 Å². The highest BCUT2D eigenvalue weighted by molar-refractivity contribution is 5.48. The molecule has 0 spiro atoms. The van der Waals surface area contributed by atoms with Gasteiger partial charge in [-0.05, 0) is 12.1 Å². The SMILES string of the molecule is [2H]c1ccc(N2CCNCC2C(F)(F)F)cc1. The second-order valence-electron chi connectivity index (χ2n) is 3.71. The van der Waals surface area contributed by atoms with Gasteiger partial charge in [0.2, 0.25) is 0 Å². The minimum absolute atomic E-state index is 0.0911. The molecule has 1 aromatic carbocycles. The molecule has 0 saturated carbocycles. The summed E-state index contributed by atoms with van der Waals surface area (Å²) in [5, 5.41) is 2.75. The highest BCUT2D eigenvalue weighted by Crippen LogP contribution is 2.29. The molecule has 1 heterocycles. The van der Waals surface area contributed by atoms with Gasteiger partial charge < -0.3 is 10.2 Å². The van der Waals surface area contributed by atoms with Gasteiger partial charge in [-0.1, -0.05) is 18.2 Å². The van der Waals surface area contributed by atoms with Crippen molar-refractivity contribution < 1.29 is 14.5 Å². The van der Waals surface area contributed by atoms with Crippen LogP contribution >= 0.6 is 0 Å². The first kappa shape index (κ1) is 9.96. The molecule has 1 aliphatic rings. The molecule has 5 heteroatoms. The van der Waals surface area contributed by atoms with Crippen LogP contribution < -0.4 is 10.2 Å². The second kappa shape index (κ2) is 4.33. The smallest absolute Gasteiger partial charge is 0.357 e. The van der Waals surface area contributed by atoms with Gasteiger partial charge in [-0.15, -0.1) is 0 Å². The van der Waals surface area contributed by atoms with Crippen LogP contribution in [0.15, 0.2) is 30.3 Å². The number of para-hydroxylation sites is 1. The predicted molar refractivity (Wildman–Crippen MR) is 56.5 cm³/mol. The monoisotopic (exact) mass is 231 g/mol. The van der Waals surface area contributed by atoms with Crippen LogP contribution in [0.4, 0.5) is 18.9 Å². The van der Waals surface area contributed by atoms with Crippen LogP contribution in [-0.2, 0) is 0 Å². The normalized spacial score (nSPS) is 23.1. The molecule has 2 rings (SSSR count). The lowest BCUT2D eigenvalue weighted by Gasteiger charge is -2.38. The molecule has 0 amide bonds. The quantitative estimate of drug-likeness (QED) is 0.795. The number of benzene rings is 1. The van der Waals surface area contributed by atoms with Crippen molar-refractivity contribution in [3.05, 3.63) is 30.3 Å². The summed E-state index contributed by atoms with van der Waals surface area (Å²) in [5.41, 5.74) is 0.518. The summed E-state index contributed by atoms with van der Waals surface area (Å²) in [5.74, 6) is 0. The summed E-state index contributed by atoms with van der Waals surface area (Å²) in [6.07, 6.45) is -4.24.